The van der Waals surface area contributed by atoms with E-state index in [2.05, 4.69) is 33.8 Å². The molecule has 3 fully saturated rings. The molecule has 1 N–H and O–H groups in total. The van der Waals surface area contributed by atoms with Gasteiger partial charge in [-0.05, 0) is 58.4 Å². The highest BCUT2D eigenvalue weighted by Gasteiger charge is 2.63. The SMILES string of the molecule is CC(C)(C)OC(=O)N1[C@@H]2CC[C@H]1CC1(C[C@@H]([C@@H]3c4ccccc4-c4cncn43)[C@H]1O)C2. The Kier molecular flexibility index (Phi) is 3.96. The number of aliphatic hydroxyl groups excluding tert-OH is 1. The van der Waals surface area contributed by atoms with E-state index in [1.54, 1.807) is 0 Å². The van der Waals surface area contributed by atoms with Crippen LogP contribution >= 0.6 is 0 Å². The number of ether oxygens (including phenoxy) is 1. The Hall–Kier alpha value is -2.34. The fraction of sp³-hybridized carbons (Fsp3) is 0.600. The Morgan fingerprint density at radius 2 is 1.87 bits per heavy atom. The molecule has 31 heavy (non-hydrogen) atoms. The molecule has 3 aliphatic heterocycles. The zero-order chi connectivity index (χ0) is 21.5. The van der Waals surface area contributed by atoms with Crippen LogP contribution in [0.2, 0.25) is 0 Å². The molecule has 1 unspecified atom stereocenters. The lowest BCUT2D eigenvalue weighted by atomic mass is 9.51. The molecule has 4 aliphatic rings. The fourth-order valence-electron chi connectivity index (χ4n) is 6.99. The van der Waals surface area contributed by atoms with E-state index >= 15 is 0 Å². The van der Waals surface area contributed by atoms with Crippen LogP contribution in [-0.2, 0) is 4.74 Å². The van der Waals surface area contributed by atoms with Crippen LogP contribution in [0.25, 0.3) is 11.3 Å². The number of aliphatic hydroxyl groups is 1. The molecule has 2 bridgehead atoms. The van der Waals surface area contributed by atoms with Gasteiger partial charge in [0.2, 0.25) is 0 Å². The van der Waals surface area contributed by atoms with Crippen LogP contribution in [0.4, 0.5) is 4.79 Å². The zero-order valence-corrected chi connectivity index (χ0v) is 18.5. The zero-order valence-electron chi connectivity index (χ0n) is 18.5. The van der Waals surface area contributed by atoms with E-state index in [0.717, 1.165) is 37.8 Å². The maximum Gasteiger partial charge on any atom is 0.410 e. The van der Waals surface area contributed by atoms with E-state index in [4.69, 9.17) is 4.74 Å². The quantitative estimate of drug-likeness (QED) is 0.742. The number of benzene rings is 1. The molecule has 1 amide bonds. The van der Waals surface area contributed by atoms with E-state index in [9.17, 15) is 9.90 Å². The number of aromatic nitrogens is 2. The van der Waals surface area contributed by atoms with Gasteiger partial charge < -0.3 is 19.3 Å². The number of piperidine rings is 1. The molecular formula is C25H31N3O3. The second-order valence-electron chi connectivity index (χ2n) is 11.1. The lowest BCUT2D eigenvalue weighted by Crippen LogP contribution is -2.62. The number of fused-ring (bicyclic) bond motifs is 5. The topological polar surface area (TPSA) is 67.6 Å². The van der Waals surface area contributed by atoms with Crippen molar-refractivity contribution in [3.05, 3.63) is 42.4 Å². The summed E-state index contributed by atoms with van der Waals surface area (Å²) in [5.41, 5.74) is 3.12. The van der Waals surface area contributed by atoms with Gasteiger partial charge in [0.05, 0.1) is 30.4 Å². The third kappa shape index (κ3) is 2.73. The molecule has 6 atom stereocenters. The summed E-state index contributed by atoms with van der Waals surface area (Å²) in [6.07, 6.45) is 8.08. The molecular weight excluding hydrogens is 390 g/mol. The first-order valence-corrected chi connectivity index (χ1v) is 11.6. The molecule has 6 rings (SSSR count). The lowest BCUT2D eigenvalue weighted by Gasteiger charge is -2.59. The number of rotatable bonds is 1. The number of imidazole rings is 1. The molecule has 6 heteroatoms. The molecule has 164 valence electrons. The number of hydrogen-bond acceptors (Lipinski definition) is 4. The van der Waals surface area contributed by atoms with Crippen LogP contribution in [-0.4, -0.2) is 49.4 Å². The Bertz CT molecular complexity index is 1020. The first kappa shape index (κ1) is 19.4. The number of carbonyl (C=O) groups excluding carboxylic acids is 1. The van der Waals surface area contributed by atoms with Crippen LogP contribution in [0.5, 0.6) is 0 Å². The third-order valence-corrected chi connectivity index (χ3v) is 8.11. The normalized spacial score (nSPS) is 35.6. The summed E-state index contributed by atoms with van der Waals surface area (Å²) in [5.74, 6) is 0.184. The van der Waals surface area contributed by atoms with Gasteiger partial charge in [0, 0.05) is 29.0 Å². The van der Waals surface area contributed by atoms with Gasteiger partial charge in [-0.3, -0.25) is 0 Å². The van der Waals surface area contributed by atoms with Gasteiger partial charge >= 0.3 is 6.09 Å². The summed E-state index contributed by atoms with van der Waals surface area (Å²) in [6, 6.07) is 9.03. The summed E-state index contributed by atoms with van der Waals surface area (Å²) in [7, 11) is 0. The van der Waals surface area contributed by atoms with Crippen LogP contribution in [0.15, 0.2) is 36.8 Å². The average molecular weight is 422 g/mol. The van der Waals surface area contributed by atoms with Crippen LogP contribution in [0.3, 0.4) is 0 Å². The predicted octanol–water partition coefficient (Wildman–Crippen LogP) is 4.38. The Labute approximate surface area is 183 Å². The average Bonchev–Trinajstić information content (AvgIpc) is 3.37. The maximum absolute atomic E-state index is 12.8. The van der Waals surface area contributed by atoms with E-state index in [1.165, 1.54) is 11.1 Å². The van der Waals surface area contributed by atoms with Gasteiger partial charge in [-0.15, -0.1) is 0 Å². The number of hydrogen-bond donors (Lipinski definition) is 1. The molecule has 2 aromatic rings. The van der Waals surface area contributed by atoms with Gasteiger partial charge in [-0.2, -0.15) is 0 Å². The summed E-state index contributed by atoms with van der Waals surface area (Å²) in [5, 5.41) is 11.5. The van der Waals surface area contributed by atoms with Crippen molar-refractivity contribution in [1.82, 2.24) is 14.5 Å². The Morgan fingerprint density at radius 1 is 1.16 bits per heavy atom. The van der Waals surface area contributed by atoms with Crippen LogP contribution in [0, 0.1) is 11.3 Å². The van der Waals surface area contributed by atoms with Crippen molar-refractivity contribution < 1.29 is 14.6 Å². The molecule has 1 aliphatic carbocycles. The van der Waals surface area contributed by atoms with Crippen molar-refractivity contribution >= 4 is 6.09 Å². The Morgan fingerprint density at radius 3 is 2.55 bits per heavy atom. The fourth-order valence-corrected chi connectivity index (χ4v) is 6.99. The van der Waals surface area contributed by atoms with Crippen LogP contribution < -0.4 is 0 Å². The molecule has 1 aromatic carbocycles. The predicted molar refractivity (Wildman–Crippen MR) is 116 cm³/mol. The van der Waals surface area contributed by atoms with Crippen molar-refractivity contribution in [3.8, 4) is 11.3 Å². The van der Waals surface area contributed by atoms with E-state index in [0.29, 0.717) is 0 Å². The van der Waals surface area contributed by atoms with Gasteiger partial charge in [0.15, 0.2) is 0 Å². The molecule has 6 nitrogen and oxygen atoms in total. The first-order chi connectivity index (χ1) is 14.8. The van der Waals surface area contributed by atoms with Crippen molar-refractivity contribution in [2.75, 3.05) is 0 Å². The van der Waals surface area contributed by atoms with Gasteiger partial charge in [-0.25, -0.2) is 9.78 Å². The summed E-state index contributed by atoms with van der Waals surface area (Å²) >= 11 is 0. The highest BCUT2D eigenvalue weighted by atomic mass is 16.6. The van der Waals surface area contributed by atoms with Gasteiger partial charge in [0.1, 0.15) is 5.60 Å². The number of nitrogens with zero attached hydrogens (tertiary/aromatic N) is 3. The minimum atomic E-state index is -0.481. The summed E-state index contributed by atoms with van der Waals surface area (Å²) < 4.78 is 7.94. The smallest absolute Gasteiger partial charge is 0.410 e. The first-order valence-electron chi connectivity index (χ1n) is 11.6. The molecule has 0 radical (unpaired) electrons. The molecule has 4 heterocycles. The molecule has 1 spiro atoms. The minimum Gasteiger partial charge on any atom is -0.444 e. The van der Waals surface area contributed by atoms with Gasteiger partial charge in [-0.1, -0.05) is 24.3 Å². The summed E-state index contributed by atoms with van der Waals surface area (Å²) in [6.45, 7) is 5.76. The standard InChI is InChI=1S/C25H31N3O3/c1-24(2,3)31-23(30)28-15-8-9-16(28)11-25(10-15)12-19(22(25)29)21-18-7-5-4-6-17(18)20-13-26-14-27(20)21/h4-7,13-16,19,21-22,29H,8-12H2,1-3H3/t15-,16+,19-,21-,22+,25?/m0/s1. The third-order valence-electron chi connectivity index (χ3n) is 8.11. The van der Waals surface area contributed by atoms with E-state index in [-0.39, 0.29) is 41.7 Å². The second-order valence-corrected chi connectivity index (χ2v) is 11.1. The highest BCUT2D eigenvalue weighted by Crippen LogP contribution is 2.63. The van der Waals surface area contributed by atoms with Crippen molar-refractivity contribution in [2.24, 2.45) is 11.3 Å². The van der Waals surface area contributed by atoms with Crippen molar-refractivity contribution in [2.45, 2.75) is 82.7 Å². The molecule has 1 aromatic heterocycles. The van der Waals surface area contributed by atoms with E-state index < -0.39 is 5.60 Å². The monoisotopic (exact) mass is 421 g/mol. The van der Waals surface area contributed by atoms with E-state index in [1.807, 2.05) is 38.2 Å². The van der Waals surface area contributed by atoms with Gasteiger partial charge in [0.25, 0.3) is 0 Å². The molecule has 2 saturated heterocycles. The molecule has 1 saturated carbocycles. The van der Waals surface area contributed by atoms with Crippen molar-refractivity contribution in [3.63, 3.8) is 0 Å². The number of carbonyl (C=O) groups is 1. The van der Waals surface area contributed by atoms with Crippen molar-refractivity contribution in [1.29, 1.82) is 0 Å². The second kappa shape index (κ2) is 6.35. The van der Waals surface area contributed by atoms with Crippen LogP contribution in [0.1, 0.15) is 64.5 Å². The largest absolute Gasteiger partial charge is 0.444 e. The lowest BCUT2D eigenvalue weighted by molar-refractivity contribution is -0.168. The maximum atomic E-state index is 12.8. The number of amides is 1. The highest BCUT2D eigenvalue weighted by molar-refractivity contribution is 5.70. The Balaban J connectivity index is 1.23. The summed E-state index contributed by atoms with van der Waals surface area (Å²) in [4.78, 5) is 19.2. The minimum absolute atomic E-state index is 0.0761.